The Balaban J connectivity index is 1.89. The van der Waals surface area contributed by atoms with Crippen molar-refractivity contribution in [2.75, 3.05) is 13.1 Å². The summed E-state index contributed by atoms with van der Waals surface area (Å²) in [4.78, 5) is 13.9. The summed E-state index contributed by atoms with van der Waals surface area (Å²) in [6.45, 7) is 2.90. The number of carbonyl (C=O) groups excluding carboxylic acids is 1. The third kappa shape index (κ3) is 5.65. The number of hydrogen-bond donors (Lipinski definition) is 1. The van der Waals surface area contributed by atoms with Crippen molar-refractivity contribution in [3.05, 3.63) is 66.0 Å². The molecule has 2 rings (SSSR count). The van der Waals surface area contributed by atoms with E-state index in [1.165, 1.54) is 12.1 Å². The maximum absolute atomic E-state index is 12.9. The van der Waals surface area contributed by atoms with Gasteiger partial charge in [0.15, 0.2) is 0 Å². The molecular weight excluding hydrogens is 343 g/mol. The molecule has 0 heterocycles. The van der Waals surface area contributed by atoms with E-state index in [9.17, 15) is 17.6 Å². The molecule has 2 aromatic rings. The number of nitrogens with zero attached hydrogens (tertiary/aromatic N) is 1. The number of amides is 1. The second-order valence-corrected chi connectivity index (χ2v) is 7.26. The molecule has 0 radical (unpaired) electrons. The van der Waals surface area contributed by atoms with Gasteiger partial charge in [-0.25, -0.2) is 17.5 Å². The second kappa shape index (κ2) is 8.73. The molecule has 0 aliphatic heterocycles. The quantitative estimate of drug-likeness (QED) is 0.783. The molecule has 0 saturated heterocycles. The minimum atomic E-state index is -3.75. The first-order valence-corrected chi connectivity index (χ1v) is 9.47. The van der Waals surface area contributed by atoms with E-state index in [1.54, 1.807) is 4.90 Å². The number of halogens is 1. The highest BCUT2D eigenvalue weighted by molar-refractivity contribution is 7.89. The lowest BCUT2D eigenvalue weighted by Gasteiger charge is -2.21. The fourth-order valence-electron chi connectivity index (χ4n) is 2.33. The number of hydrogen-bond acceptors (Lipinski definition) is 3. The highest BCUT2D eigenvalue weighted by Crippen LogP contribution is 2.10. The number of carbonyl (C=O) groups is 1. The largest absolute Gasteiger partial charge is 0.339 e. The maximum atomic E-state index is 12.9. The minimum Gasteiger partial charge on any atom is -0.339 e. The summed E-state index contributed by atoms with van der Waals surface area (Å²) in [6.07, 6.45) is 0.0566. The Morgan fingerprint density at radius 1 is 1.08 bits per heavy atom. The third-order valence-corrected chi connectivity index (χ3v) is 5.18. The SMILES string of the molecule is CCN(Cc1ccccc1)C(=O)CCNS(=O)(=O)c1ccc(F)cc1. The van der Waals surface area contributed by atoms with Crippen molar-refractivity contribution in [2.24, 2.45) is 0 Å². The van der Waals surface area contributed by atoms with E-state index >= 15 is 0 Å². The molecule has 25 heavy (non-hydrogen) atoms. The van der Waals surface area contributed by atoms with Gasteiger partial charge in [-0.2, -0.15) is 0 Å². The van der Waals surface area contributed by atoms with Gasteiger partial charge in [-0.1, -0.05) is 30.3 Å². The Labute approximate surface area is 147 Å². The molecule has 0 spiro atoms. The first-order valence-electron chi connectivity index (χ1n) is 7.99. The normalized spacial score (nSPS) is 11.3. The van der Waals surface area contributed by atoms with Crippen molar-refractivity contribution >= 4 is 15.9 Å². The molecule has 0 aromatic heterocycles. The summed E-state index contributed by atoms with van der Waals surface area (Å²) in [7, 11) is -3.75. The van der Waals surface area contributed by atoms with Crippen LogP contribution in [0.5, 0.6) is 0 Å². The molecule has 0 aliphatic rings. The lowest BCUT2D eigenvalue weighted by atomic mass is 10.2. The zero-order valence-electron chi connectivity index (χ0n) is 14.0. The van der Waals surface area contributed by atoms with Gasteiger partial charge in [-0.15, -0.1) is 0 Å². The van der Waals surface area contributed by atoms with Gasteiger partial charge in [0.1, 0.15) is 5.82 Å². The van der Waals surface area contributed by atoms with Gasteiger partial charge >= 0.3 is 0 Å². The minimum absolute atomic E-state index is 0.0101. The van der Waals surface area contributed by atoms with Crippen molar-refractivity contribution in [1.29, 1.82) is 0 Å². The maximum Gasteiger partial charge on any atom is 0.240 e. The van der Waals surface area contributed by atoms with E-state index in [1.807, 2.05) is 37.3 Å². The van der Waals surface area contributed by atoms with Crippen LogP contribution in [-0.4, -0.2) is 32.3 Å². The lowest BCUT2D eigenvalue weighted by Crippen LogP contribution is -2.34. The van der Waals surface area contributed by atoms with E-state index in [-0.39, 0.29) is 23.8 Å². The average molecular weight is 364 g/mol. The van der Waals surface area contributed by atoms with Crippen LogP contribution in [0.3, 0.4) is 0 Å². The van der Waals surface area contributed by atoms with Gasteiger partial charge in [0.2, 0.25) is 15.9 Å². The Kier molecular flexibility index (Phi) is 6.66. The van der Waals surface area contributed by atoms with E-state index in [4.69, 9.17) is 0 Å². The number of nitrogens with one attached hydrogen (secondary N) is 1. The Hall–Kier alpha value is -2.25. The molecule has 5 nitrogen and oxygen atoms in total. The van der Waals surface area contributed by atoms with Gasteiger partial charge in [-0.3, -0.25) is 4.79 Å². The van der Waals surface area contributed by atoms with Crippen molar-refractivity contribution < 1.29 is 17.6 Å². The molecule has 0 saturated carbocycles. The standard InChI is InChI=1S/C18H21FN2O3S/c1-2-21(14-15-6-4-3-5-7-15)18(22)12-13-20-25(23,24)17-10-8-16(19)9-11-17/h3-11,20H,2,12-14H2,1H3. The molecule has 0 fully saturated rings. The summed E-state index contributed by atoms with van der Waals surface area (Å²) in [5.41, 5.74) is 1.02. The number of benzene rings is 2. The van der Waals surface area contributed by atoms with Crippen molar-refractivity contribution in [3.8, 4) is 0 Å². The monoisotopic (exact) mass is 364 g/mol. The smallest absolute Gasteiger partial charge is 0.240 e. The summed E-state index contributed by atoms with van der Waals surface area (Å²) in [5, 5.41) is 0. The molecule has 134 valence electrons. The van der Waals surface area contributed by atoms with Crippen LogP contribution in [-0.2, 0) is 21.4 Å². The molecule has 1 amide bonds. The zero-order valence-corrected chi connectivity index (χ0v) is 14.8. The van der Waals surface area contributed by atoms with Crippen LogP contribution in [0.4, 0.5) is 4.39 Å². The summed E-state index contributed by atoms with van der Waals surface area (Å²) >= 11 is 0. The van der Waals surface area contributed by atoms with Crippen molar-refractivity contribution in [1.82, 2.24) is 9.62 Å². The van der Waals surface area contributed by atoms with Crippen LogP contribution in [0.25, 0.3) is 0 Å². The fraction of sp³-hybridized carbons (Fsp3) is 0.278. The molecule has 0 atom stereocenters. The van der Waals surface area contributed by atoms with E-state index < -0.39 is 15.8 Å². The molecule has 0 bridgehead atoms. The van der Waals surface area contributed by atoms with Crippen LogP contribution in [0.1, 0.15) is 18.9 Å². The predicted molar refractivity (Wildman–Crippen MR) is 93.7 cm³/mol. The number of rotatable bonds is 8. The van der Waals surface area contributed by atoms with E-state index in [0.717, 1.165) is 17.7 Å². The Morgan fingerprint density at radius 3 is 2.32 bits per heavy atom. The van der Waals surface area contributed by atoms with Crippen LogP contribution in [0, 0.1) is 5.82 Å². The van der Waals surface area contributed by atoms with Crippen LogP contribution >= 0.6 is 0 Å². The summed E-state index contributed by atoms with van der Waals surface area (Å²) in [5.74, 6) is -0.637. The van der Waals surface area contributed by atoms with Gasteiger partial charge in [-0.05, 0) is 36.8 Å². The van der Waals surface area contributed by atoms with Crippen molar-refractivity contribution in [2.45, 2.75) is 24.8 Å². The zero-order chi connectivity index (χ0) is 18.3. The van der Waals surface area contributed by atoms with Crippen LogP contribution in [0.15, 0.2) is 59.5 Å². The average Bonchev–Trinajstić information content (AvgIpc) is 2.60. The molecule has 0 aliphatic carbocycles. The fourth-order valence-corrected chi connectivity index (χ4v) is 3.36. The Bertz CT molecular complexity index is 793. The second-order valence-electron chi connectivity index (χ2n) is 5.50. The highest BCUT2D eigenvalue weighted by atomic mass is 32.2. The summed E-state index contributed by atoms with van der Waals surface area (Å²) in [6, 6.07) is 14.1. The first kappa shape index (κ1) is 19.1. The summed E-state index contributed by atoms with van der Waals surface area (Å²) < 4.78 is 39.4. The van der Waals surface area contributed by atoms with Gasteiger partial charge in [0.25, 0.3) is 0 Å². The molecule has 0 unspecified atom stereocenters. The van der Waals surface area contributed by atoms with Gasteiger partial charge in [0.05, 0.1) is 4.90 Å². The molecule has 1 N–H and O–H groups in total. The van der Waals surface area contributed by atoms with E-state index in [2.05, 4.69) is 4.72 Å². The van der Waals surface area contributed by atoms with Gasteiger partial charge in [0, 0.05) is 26.1 Å². The molecule has 7 heteroatoms. The van der Waals surface area contributed by atoms with Crippen molar-refractivity contribution in [3.63, 3.8) is 0 Å². The highest BCUT2D eigenvalue weighted by Gasteiger charge is 2.16. The van der Waals surface area contributed by atoms with E-state index in [0.29, 0.717) is 13.1 Å². The van der Waals surface area contributed by atoms with Gasteiger partial charge < -0.3 is 4.90 Å². The molecule has 2 aromatic carbocycles. The third-order valence-electron chi connectivity index (χ3n) is 3.71. The van der Waals surface area contributed by atoms with Crippen LogP contribution < -0.4 is 4.72 Å². The molecular formula is C18H21FN2O3S. The van der Waals surface area contributed by atoms with Crippen LogP contribution in [0.2, 0.25) is 0 Å². The lowest BCUT2D eigenvalue weighted by molar-refractivity contribution is -0.131. The predicted octanol–water partition coefficient (Wildman–Crippen LogP) is 2.54. The Morgan fingerprint density at radius 2 is 1.72 bits per heavy atom. The number of sulfonamides is 1. The first-order chi connectivity index (χ1) is 11.9. The topological polar surface area (TPSA) is 66.5 Å².